The maximum atomic E-state index is 14.1. The largest absolute Gasteiger partial charge is 0.496 e. The van der Waals surface area contributed by atoms with Gasteiger partial charge in [0.1, 0.15) is 11.8 Å². The van der Waals surface area contributed by atoms with Gasteiger partial charge < -0.3 is 20.1 Å². The summed E-state index contributed by atoms with van der Waals surface area (Å²) >= 11 is 6.55. The van der Waals surface area contributed by atoms with E-state index in [-0.39, 0.29) is 29.2 Å². The number of ether oxygens (including phenoxy) is 1. The summed E-state index contributed by atoms with van der Waals surface area (Å²) in [5.41, 5.74) is 1.36. The minimum atomic E-state index is -0.954. The fraction of sp³-hybridized carbons (Fsp3) is 0.533. The molecule has 200 valence electrons. The number of likely N-dealkylation sites (tertiary alicyclic amines) is 1. The number of carbonyl (C=O) groups is 2. The van der Waals surface area contributed by atoms with Crippen LogP contribution in [-0.2, 0) is 16.1 Å². The van der Waals surface area contributed by atoms with Crippen molar-refractivity contribution >= 4 is 23.5 Å². The van der Waals surface area contributed by atoms with Crippen LogP contribution in [0.25, 0.3) is 0 Å². The third-order valence-electron chi connectivity index (χ3n) is 8.08. The van der Waals surface area contributed by atoms with E-state index in [0.29, 0.717) is 17.3 Å². The number of aliphatic carboxylic acids is 1. The number of nitrogens with one attached hydrogen (secondary N) is 1. The Balaban J connectivity index is 1.81. The van der Waals surface area contributed by atoms with Gasteiger partial charge in [0.25, 0.3) is 0 Å². The number of hydrogen-bond acceptors (Lipinski definition) is 4. The van der Waals surface area contributed by atoms with Gasteiger partial charge in [0.05, 0.1) is 13.2 Å². The summed E-state index contributed by atoms with van der Waals surface area (Å²) < 4.78 is 5.56. The van der Waals surface area contributed by atoms with Gasteiger partial charge in [-0.1, -0.05) is 88.0 Å². The van der Waals surface area contributed by atoms with Gasteiger partial charge in [-0.2, -0.15) is 0 Å². The van der Waals surface area contributed by atoms with Gasteiger partial charge in [-0.25, -0.2) is 4.79 Å². The highest BCUT2D eigenvalue weighted by molar-refractivity contribution is 6.31. The number of methoxy groups -OCH3 is 1. The molecule has 2 aromatic carbocycles. The predicted molar refractivity (Wildman–Crippen MR) is 146 cm³/mol. The van der Waals surface area contributed by atoms with E-state index in [1.165, 1.54) is 0 Å². The van der Waals surface area contributed by atoms with Crippen molar-refractivity contribution in [3.8, 4) is 5.75 Å². The van der Waals surface area contributed by atoms with Crippen LogP contribution in [0.3, 0.4) is 0 Å². The lowest BCUT2D eigenvalue weighted by atomic mass is 9.72. The van der Waals surface area contributed by atoms with E-state index in [1.807, 2.05) is 48.5 Å². The molecular weight excluding hydrogens is 488 g/mol. The second-order valence-electron chi connectivity index (χ2n) is 11.4. The first kappa shape index (κ1) is 27.5. The monoisotopic (exact) mass is 526 g/mol. The van der Waals surface area contributed by atoms with Gasteiger partial charge in [0, 0.05) is 35.0 Å². The summed E-state index contributed by atoms with van der Waals surface area (Å²) in [6.45, 7) is 6.58. The van der Waals surface area contributed by atoms with Gasteiger partial charge in [0.2, 0.25) is 5.91 Å². The number of hydrogen-bond donors (Lipinski definition) is 2. The van der Waals surface area contributed by atoms with Gasteiger partial charge in [-0.15, -0.1) is 0 Å². The highest BCUT2D eigenvalue weighted by Crippen LogP contribution is 2.49. The highest BCUT2D eigenvalue weighted by atomic mass is 35.5. The molecule has 2 fully saturated rings. The number of rotatable bonds is 7. The molecule has 6 nitrogen and oxygen atoms in total. The summed E-state index contributed by atoms with van der Waals surface area (Å²) in [6.07, 6.45) is 4.78. The molecule has 2 N–H and O–H groups in total. The molecule has 1 aliphatic carbocycles. The first-order valence-corrected chi connectivity index (χ1v) is 13.7. The minimum absolute atomic E-state index is 0.0326. The maximum absolute atomic E-state index is 14.1. The van der Waals surface area contributed by atoms with Crippen LogP contribution < -0.4 is 10.1 Å². The van der Waals surface area contributed by atoms with E-state index in [0.717, 1.165) is 43.2 Å². The van der Waals surface area contributed by atoms with E-state index < -0.39 is 18.1 Å². The average Bonchev–Trinajstić information content (AvgIpc) is 3.24. The van der Waals surface area contributed by atoms with E-state index in [2.05, 4.69) is 26.1 Å². The lowest BCUT2D eigenvalue weighted by Gasteiger charge is -2.36. The van der Waals surface area contributed by atoms with Crippen LogP contribution in [0.5, 0.6) is 5.75 Å². The Bertz CT molecular complexity index is 1090. The molecule has 1 saturated carbocycles. The van der Waals surface area contributed by atoms with Crippen molar-refractivity contribution in [2.45, 2.75) is 77.5 Å². The molecule has 1 aliphatic heterocycles. The molecule has 0 spiro atoms. The summed E-state index contributed by atoms with van der Waals surface area (Å²) in [6, 6.07) is 13.7. The van der Waals surface area contributed by atoms with Crippen LogP contribution in [0.2, 0.25) is 5.02 Å². The maximum Gasteiger partial charge on any atom is 0.326 e. The summed E-state index contributed by atoms with van der Waals surface area (Å²) in [5, 5.41) is 14.8. The Morgan fingerprint density at radius 2 is 1.73 bits per heavy atom. The second-order valence-corrected chi connectivity index (χ2v) is 11.8. The molecule has 4 atom stereocenters. The van der Waals surface area contributed by atoms with Gasteiger partial charge in [-0.05, 0) is 36.0 Å². The fourth-order valence-electron chi connectivity index (χ4n) is 6.41. The molecule has 0 bridgehead atoms. The number of amides is 1. The number of benzene rings is 2. The third-order valence-corrected chi connectivity index (χ3v) is 8.43. The van der Waals surface area contributed by atoms with E-state index in [1.54, 1.807) is 12.0 Å². The number of carboxylic acid groups (broad SMARTS) is 1. The molecule has 0 unspecified atom stereocenters. The Morgan fingerprint density at radius 1 is 1.05 bits per heavy atom. The molecule has 2 aliphatic rings. The molecule has 1 amide bonds. The van der Waals surface area contributed by atoms with Crippen LogP contribution in [0.15, 0.2) is 48.5 Å². The Hall–Kier alpha value is -2.57. The van der Waals surface area contributed by atoms with Gasteiger partial charge >= 0.3 is 5.97 Å². The average molecular weight is 527 g/mol. The smallest absolute Gasteiger partial charge is 0.326 e. The Morgan fingerprint density at radius 3 is 2.32 bits per heavy atom. The van der Waals surface area contributed by atoms with Crippen LogP contribution in [0.4, 0.5) is 0 Å². The molecule has 1 saturated heterocycles. The third kappa shape index (κ3) is 5.65. The Labute approximate surface area is 225 Å². The van der Waals surface area contributed by atoms with E-state index in [4.69, 9.17) is 16.3 Å². The molecule has 2 aromatic rings. The number of halogens is 1. The second kappa shape index (κ2) is 11.4. The van der Waals surface area contributed by atoms with Gasteiger partial charge in [0.15, 0.2) is 0 Å². The molecule has 37 heavy (non-hydrogen) atoms. The first-order chi connectivity index (χ1) is 17.6. The lowest BCUT2D eigenvalue weighted by molar-refractivity contribution is -0.154. The zero-order chi connectivity index (χ0) is 26.7. The quantitative estimate of drug-likeness (QED) is 0.456. The molecule has 7 heteroatoms. The molecule has 1 heterocycles. The number of carbonyl (C=O) groups excluding carboxylic acids is 1. The normalized spacial score (nSPS) is 24.7. The zero-order valence-corrected chi connectivity index (χ0v) is 23.0. The molecular formula is C30H39ClN2O4. The number of carboxylic acids is 1. The van der Waals surface area contributed by atoms with Gasteiger partial charge in [-0.3, -0.25) is 4.79 Å². The predicted octanol–water partition coefficient (Wildman–Crippen LogP) is 6.09. The van der Waals surface area contributed by atoms with Crippen molar-refractivity contribution in [3.05, 3.63) is 64.7 Å². The van der Waals surface area contributed by atoms with Crippen molar-refractivity contribution < 1.29 is 19.4 Å². The minimum Gasteiger partial charge on any atom is -0.496 e. The summed E-state index contributed by atoms with van der Waals surface area (Å²) in [7, 11) is 1.61. The van der Waals surface area contributed by atoms with Crippen molar-refractivity contribution in [1.29, 1.82) is 0 Å². The van der Waals surface area contributed by atoms with Crippen LogP contribution in [0, 0.1) is 17.3 Å². The Kier molecular flexibility index (Phi) is 8.49. The summed E-state index contributed by atoms with van der Waals surface area (Å²) in [4.78, 5) is 28.8. The van der Waals surface area contributed by atoms with Crippen molar-refractivity contribution in [2.75, 3.05) is 7.11 Å². The van der Waals surface area contributed by atoms with Crippen molar-refractivity contribution in [2.24, 2.45) is 17.3 Å². The SMILES string of the molecule is COc1cccc(Cl)c1CN[C@@H]1[C@@H](C(C)(C)C)[C@H](C(=O)O)N(C(=O)C2CCCCC2)[C@@H]1c1ccccc1. The molecule has 0 aromatic heterocycles. The summed E-state index contributed by atoms with van der Waals surface area (Å²) in [5.74, 6) is -0.785. The first-order valence-electron chi connectivity index (χ1n) is 13.3. The van der Waals surface area contributed by atoms with Crippen molar-refractivity contribution in [1.82, 2.24) is 10.2 Å². The highest BCUT2D eigenvalue weighted by Gasteiger charge is 2.58. The van der Waals surface area contributed by atoms with Crippen LogP contribution in [0.1, 0.15) is 70.0 Å². The molecule has 0 radical (unpaired) electrons. The van der Waals surface area contributed by atoms with Crippen LogP contribution >= 0.6 is 11.6 Å². The van der Waals surface area contributed by atoms with E-state index >= 15 is 0 Å². The molecule has 4 rings (SSSR count). The topological polar surface area (TPSA) is 78.9 Å². The zero-order valence-electron chi connectivity index (χ0n) is 22.2. The number of nitrogens with zero attached hydrogens (tertiary/aromatic N) is 1. The van der Waals surface area contributed by atoms with Crippen molar-refractivity contribution in [3.63, 3.8) is 0 Å². The van der Waals surface area contributed by atoms with Crippen LogP contribution in [-0.4, -0.2) is 41.1 Å². The van der Waals surface area contributed by atoms with E-state index in [9.17, 15) is 14.7 Å². The lowest BCUT2D eigenvalue weighted by Crippen LogP contribution is -2.49. The fourth-order valence-corrected chi connectivity index (χ4v) is 6.64. The standard InChI is InChI=1S/C30H39ClN2O4/c1-30(2,3)24-25(32-18-21-22(31)16-11-17-23(21)37-4)26(19-12-7-5-8-13-19)33(27(24)29(35)36)28(34)20-14-9-6-10-15-20/h5,7-8,11-13,16-17,20,24-27,32H,6,9-10,14-15,18H2,1-4H3,(H,35,36)/t24-,25-,26-,27-/m1/s1.